The van der Waals surface area contributed by atoms with Gasteiger partial charge in [0.05, 0.1) is 5.02 Å². The van der Waals surface area contributed by atoms with Gasteiger partial charge >= 0.3 is 0 Å². The first-order valence-corrected chi connectivity index (χ1v) is 8.38. The Morgan fingerprint density at radius 3 is 2.80 bits per heavy atom. The smallest absolute Gasteiger partial charge is 0.0621 e. The third-order valence-corrected chi connectivity index (χ3v) is 4.92. The molecule has 1 aromatic rings. The Morgan fingerprint density at radius 2 is 2.20 bits per heavy atom. The van der Waals surface area contributed by atoms with E-state index in [0.717, 1.165) is 24.0 Å². The largest absolute Gasteiger partial charge is 0.313 e. The highest BCUT2D eigenvalue weighted by Gasteiger charge is 2.31. The quantitative estimate of drug-likeness (QED) is 0.719. The van der Waals surface area contributed by atoms with Crippen LogP contribution in [0.2, 0.25) is 5.02 Å². The van der Waals surface area contributed by atoms with E-state index >= 15 is 0 Å². The van der Waals surface area contributed by atoms with Crippen molar-refractivity contribution in [2.75, 3.05) is 6.54 Å². The van der Waals surface area contributed by atoms with Gasteiger partial charge in [-0.2, -0.15) is 0 Å². The second-order valence-electron chi connectivity index (χ2n) is 6.26. The number of aromatic nitrogens is 1. The van der Waals surface area contributed by atoms with Crippen LogP contribution in [0.4, 0.5) is 0 Å². The van der Waals surface area contributed by atoms with E-state index in [2.05, 4.69) is 30.2 Å². The van der Waals surface area contributed by atoms with Gasteiger partial charge in [0, 0.05) is 25.0 Å². The Labute approximate surface area is 128 Å². The summed E-state index contributed by atoms with van der Waals surface area (Å²) in [5, 5.41) is 4.55. The summed E-state index contributed by atoms with van der Waals surface area (Å²) < 4.78 is 0. The molecule has 1 fully saturated rings. The molecular formula is C17H27ClN2. The number of nitrogens with one attached hydrogen (secondary N) is 1. The molecule has 112 valence electrons. The summed E-state index contributed by atoms with van der Waals surface area (Å²) in [5.41, 5.74) is 1.58. The Hall–Kier alpha value is -0.600. The molecule has 1 heterocycles. The van der Waals surface area contributed by atoms with Crippen LogP contribution >= 0.6 is 11.6 Å². The van der Waals surface area contributed by atoms with E-state index in [4.69, 9.17) is 11.6 Å². The second kappa shape index (κ2) is 7.42. The minimum Gasteiger partial charge on any atom is -0.313 e. The molecule has 1 aromatic heterocycles. The zero-order valence-corrected chi connectivity index (χ0v) is 13.5. The molecule has 1 unspecified atom stereocenters. The summed E-state index contributed by atoms with van der Waals surface area (Å²) in [7, 11) is 0. The molecule has 0 radical (unpaired) electrons. The van der Waals surface area contributed by atoms with Crippen LogP contribution in [0.3, 0.4) is 0 Å². The van der Waals surface area contributed by atoms with Crippen LogP contribution in [0.5, 0.6) is 0 Å². The SMILES string of the molecule is CCCCC(CC)(CNC1CC1)Cc1ccncc1Cl. The Balaban J connectivity index is 2.08. The van der Waals surface area contributed by atoms with E-state index in [1.165, 1.54) is 44.1 Å². The molecule has 1 aliphatic rings. The van der Waals surface area contributed by atoms with Gasteiger partial charge in [-0.05, 0) is 49.1 Å². The van der Waals surface area contributed by atoms with E-state index in [0.29, 0.717) is 5.41 Å². The average Bonchev–Trinajstić information content (AvgIpc) is 3.28. The van der Waals surface area contributed by atoms with E-state index in [1.807, 2.05) is 6.20 Å². The van der Waals surface area contributed by atoms with E-state index in [9.17, 15) is 0 Å². The van der Waals surface area contributed by atoms with Crippen LogP contribution in [0, 0.1) is 5.41 Å². The zero-order valence-electron chi connectivity index (χ0n) is 12.8. The van der Waals surface area contributed by atoms with Crippen LogP contribution < -0.4 is 5.32 Å². The molecule has 1 aliphatic carbocycles. The van der Waals surface area contributed by atoms with Gasteiger partial charge in [-0.1, -0.05) is 38.3 Å². The number of nitrogens with zero attached hydrogens (tertiary/aromatic N) is 1. The van der Waals surface area contributed by atoms with Gasteiger partial charge in [0.1, 0.15) is 0 Å². The average molecular weight is 295 g/mol. The lowest BCUT2D eigenvalue weighted by Crippen LogP contribution is -2.37. The minimum atomic E-state index is 0.337. The normalized spacial score (nSPS) is 17.9. The first-order valence-electron chi connectivity index (χ1n) is 8.01. The van der Waals surface area contributed by atoms with Gasteiger partial charge in [0.25, 0.3) is 0 Å². The molecule has 20 heavy (non-hydrogen) atoms. The molecular weight excluding hydrogens is 268 g/mol. The molecule has 0 spiro atoms. The number of hydrogen-bond acceptors (Lipinski definition) is 2. The van der Waals surface area contributed by atoms with Crippen LogP contribution in [0.25, 0.3) is 0 Å². The van der Waals surface area contributed by atoms with Crippen LogP contribution in [0.1, 0.15) is 57.9 Å². The molecule has 1 saturated carbocycles. The van der Waals surface area contributed by atoms with E-state index in [-0.39, 0.29) is 0 Å². The van der Waals surface area contributed by atoms with Crippen molar-refractivity contribution in [3.05, 3.63) is 29.0 Å². The fourth-order valence-corrected chi connectivity index (χ4v) is 3.00. The van der Waals surface area contributed by atoms with Crippen molar-refractivity contribution in [2.24, 2.45) is 5.41 Å². The first kappa shape index (κ1) is 15.8. The van der Waals surface area contributed by atoms with Crippen molar-refractivity contribution in [1.82, 2.24) is 10.3 Å². The van der Waals surface area contributed by atoms with Gasteiger partial charge < -0.3 is 5.32 Å². The van der Waals surface area contributed by atoms with Crippen molar-refractivity contribution < 1.29 is 0 Å². The molecule has 3 heteroatoms. The number of pyridine rings is 1. The zero-order chi connectivity index (χ0) is 14.4. The lowest BCUT2D eigenvalue weighted by Gasteiger charge is -2.34. The molecule has 0 aromatic carbocycles. The summed E-state index contributed by atoms with van der Waals surface area (Å²) in [5.74, 6) is 0. The summed E-state index contributed by atoms with van der Waals surface area (Å²) >= 11 is 6.31. The predicted molar refractivity (Wildman–Crippen MR) is 86.2 cm³/mol. The molecule has 0 bridgehead atoms. The van der Waals surface area contributed by atoms with Crippen molar-refractivity contribution in [1.29, 1.82) is 0 Å². The number of rotatable bonds is 9. The van der Waals surface area contributed by atoms with Gasteiger partial charge in [-0.3, -0.25) is 4.98 Å². The summed E-state index contributed by atoms with van der Waals surface area (Å²) in [6.07, 6.45) is 12.4. The lowest BCUT2D eigenvalue weighted by atomic mass is 9.75. The third kappa shape index (κ3) is 4.46. The predicted octanol–water partition coefficient (Wildman–Crippen LogP) is 4.62. The Morgan fingerprint density at radius 1 is 1.40 bits per heavy atom. The van der Waals surface area contributed by atoms with Crippen molar-refractivity contribution >= 4 is 11.6 Å². The highest BCUT2D eigenvalue weighted by atomic mass is 35.5. The highest BCUT2D eigenvalue weighted by molar-refractivity contribution is 6.31. The molecule has 0 saturated heterocycles. The van der Waals surface area contributed by atoms with Gasteiger partial charge in [0.2, 0.25) is 0 Å². The molecule has 2 nitrogen and oxygen atoms in total. The third-order valence-electron chi connectivity index (χ3n) is 4.58. The standard InChI is InChI=1S/C17H27ClN2/c1-3-5-9-17(4-2,13-20-15-6-7-15)11-14-8-10-19-12-16(14)18/h8,10,12,15,20H,3-7,9,11,13H2,1-2H3. The minimum absolute atomic E-state index is 0.337. The van der Waals surface area contributed by atoms with Crippen molar-refractivity contribution in [2.45, 2.75) is 64.8 Å². The van der Waals surface area contributed by atoms with Crippen LogP contribution in [-0.2, 0) is 6.42 Å². The molecule has 1 atom stereocenters. The Bertz CT molecular complexity index is 417. The van der Waals surface area contributed by atoms with Crippen molar-refractivity contribution in [3.63, 3.8) is 0 Å². The molecule has 2 rings (SSSR count). The van der Waals surface area contributed by atoms with E-state index in [1.54, 1.807) is 6.20 Å². The second-order valence-corrected chi connectivity index (χ2v) is 6.66. The maximum Gasteiger partial charge on any atom is 0.0621 e. The molecule has 0 amide bonds. The Kier molecular flexibility index (Phi) is 5.86. The molecule has 0 aliphatic heterocycles. The summed E-state index contributed by atoms with van der Waals surface area (Å²) in [6, 6.07) is 2.85. The van der Waals surface area contributed by atoms with Crippen LogP contribution in [-0.4, -0.2) is 17.6 Å². The number of unbranched alkanes of at least 4 members (excludes halogenated alkanes) is 1. The first-order chi connectivity index (χ1) is 9.69. The lowest BCUT2D eigenvalue weighted by molar-refractivity contribution is 0.228. The summed E-state index contributed by atoms with van der Waals surface area (Å²) in [4.78, 5) is 4.10. The van der Waals surface area contributed by atoms with Crippen molar-refractivity contribution in [3.8, 4) is 0 Å². The topological polar surface area (TPSA) is 24.9 Å². The number of halogens is 1. The maximum atomic E-state index is 6.31. The highest BCUT2D eigenvalue weighted by Crippen LogP contribution is 2.35. The van der Waals surface area contributed by atoms with Gasteiger partial charge in [-0.25, -0.2) is 0 Å². The van der Waals surface area contributed by atoms with Crippen LogP contribution in [0.15, 0.2) is 18.5 Å². The summed E-state index contributed by atoms with van der Waals surface area (Å²) in [6.45, 7) is 5.71. The fraction of sp³-hybridized carbons (Fsp3) is 0.706. The van der Waals surface area contributed by atoms with Gasteiger partial charge in [0.15, 0.2) is 0 Å². The fourth-order valence-electron chi connectivity index (χ4n) is 2.82. The number of hydrogen-bond donors (Lipinski definition) is 1. The van der Waals surface area contributed by atoms with E-state index < -0.39 is 0 Å². The molecule has 1 N–H and O–H groups in total. The van der Waals surface area contributed by atoms with Gasteiger partial charge in [-0.15, -0.1) is 0 Å². The monoisotopic (exact) mass is 294 g/mol. The maximum absolute atomic E-state index is 6.31.